The van der Waals surface area contributed by atoms with Crippen molar-refractivity contribution in [2.75, 3.05) is 0 Å². The van der Waals surface area contributed by atoms with Gasteiger partial charge in [0, 0.05) is 11.1 Å². The van der Waals surface area contributed by atoms with Gasteiger partial charge in [0.15, 0.2) is 0 Å². The van der Waals surface area contributed by atoms with Gasteiger partial charge in [-0.05, 0) is 90.3 Å². The van der Waals surface area contributed by atoms with Crippen molar-refractivity contribution in [1.82, 2.24) is 30.6 Å². The largest absolute Gasteiger partial charge is 0.444 e. The summed E-state index contributed by atoms with van der Waals surface area (Å²) < 4.78 is 10.8. The summed E-state index contributed by atoms with van der Waals surface area (Å²) in [6.07, 6.45) is -0.990. The van der Waals surface area contributed by atoms with Gasteiger partial charge in [0.1, 0.15) is 22.9 Å². The van der Waals surface area contributed by atoms with Crippen LogP contribution >= 0.6 is 0 Å². The topological polar surface area (TPSA) is 134 Å². The number of hydrogen-bond acceptors (Lipinski definition) is 6. The summed E-state index contributed by atoms with van der Waals surface area (Å²) in [5.41, 5.74) is 3.33. The number of fused-ring (bicyclic) bond motifs is 2. The number of carbonyl (C=O) groups excluding carboxylic acids is 2. The van der Waals surface area contributed by atoms with E-state index in [0.717, 1.165) is 33.2 Å². The lowest BCUT2D eigenvalue weighted by molar-refractivity contribution is 0.0456. The molecule has 0 aliphatic heterocycles. The highest BCUT2D eigenvalue weighted by atomic mass is 16.6. The Bertz CT molecular complexity index is 1700. The molecule has 0 saturated carbocycles. The van der Waals surface area contributed by atoms with Crippen molar-refractivity contribution in [2.24, 2.45) is 5.41 Å². The minimum Gasteiger partial charge on any atom is -0.444 e. The first-order chi connectivity index (χ1) is 19.9. The van der Waals surface area contributed by atoms with Crippen LogP contribution in [-0.2, 0) is 9.47 Å². The van der Waals surface area contributed by atoms with Gasteiger partial charge in [-0.1, -0.05) is 32.6 Å². The van der Waals surface area contributed by atoms with Crippen LogP contribution in [0.3, 0.4) is 0 Å². The molecule has 2 heterocycles. The van der Waals surface area contributed by atoms with Crippen molar-refractivity contribution < 1.29 is 19.1 Å². The Hall–Kier alpha value is -4.52. The number of rotatable bonds is 4. The average molecular weight is 587 g/mol. The molecule has 2 aromatic heterocycles. The molecule has 10 heteroatoms. The number of benzene rings is 2. The molecule has 0 aliphatic rings. The van der Waals surface area contributed by atoms with Gasteiger partial charge < -0.3 is 30.1 Å². The summed E-state index contributed by atoms with van der Waals surface area (Å²) >= 11 is 0. The van der Waals surface area contributed by atoms with Gasteiger partial charge in [-0.2, -0.15) is 0 Å². The van der Waals surface area contributed by atoms with Crippen molar-refractivity contribution >= 4 is 34.3 Å². The van der Waals surface area contributed by atoms with E-state index in [4.69, 9.17) is 14.5 Å². The van der Waals surface area contributed by atoms with Crippen LogP contribution in [0.5, 0.6) is 0 Å². The molecule has 2 amide bonds. The lowest BCUT2D eigenvalue weighted by Gasteiger charge is -2.31. The molecule has 4 rings (SSSR count). The molecule has 0 radical (unpaired) electrons. The normalized spacial score (nSPS) is 13.6. The molecule has 0 aliphatic carbocycles. The second-order valence-corrected chi connectivity index (χ2v) is 13.8. The Morgan fingerprint density at radius 2 is 1.16 bits per heavy atom. The molecule has 0 saturated heterocycles. The van der Waals surface area contributed by atoms with Crippen LogP contribution in [-0.4, -0.2) is 43.3 Å². The zero-order valence-corrected chi connectivity index (χ0v) is 26.6. The maximum atomic E-state index is 12.6. The van der Waals surface area contributed by atoms with E-state index in [1.165, 1.54) is 0 Å². The van der Waals surface area contributed by atoms with Gasteiger partial charge >= 0.3 is 12.2 Å². The van der Waals surface area contributed by atoms with E-state index in [0.29, 0.717) is 11.6 Å². The smallest absolute Gasteiger partial charge is 0.408 e. The molecule has 0 spiro atoms. The van der Waals surface area contributed by atoms with Crippen molar-refractivity contribution in [3.63, 3.8) is 0 Å². The third kappa shape index (κ3) is 8.51. The molecule has 0 bridgehead atoms. The number of hydrogen-bond donors (Lipinski definition) is 4. The molecule has 4 aromatic rings. The summed E-state index contributed by atoms with van der Waals surface area (Å²) in [5.74, 6) is 7.72. The van der Waals surface area contributed by atoms with E-state index >= 15 is 0 Å². The van der Waals surface area contributed by atoms with Crippen molar-refractivity contribution in [3.05, 3.63) is 59.2 Å². The summed E-state index contributed by atoms with van der Waals surface area (Å²) in [5, 5.41) is 5.78. The minimum absolute atomic E-state index is 0.317. The maximum absolute atomic E-state index is 12.6. The molecule has 4 N–H and O–H groups in total. The number of carbonyl (C=O) groups is 2. The van der Waals surface area contributed by atoms with Crippen LogP contribution in [0.2, 0.25) is 0 Å². The zero-order chi connectivity index (χ0) is 31.7. The Balaban J connectivity index is 1.52. The standard InChI is InChI=1S/C33H42N6O4/c1-19(34-29(40)42-32(5,6)7)27-35-22-15-13-20(17-24(22)37-27)11-12-21-14-16-23-25(18-21)38-28(36-23)26(31(2,3)4)39-30(41)43-33(8,9)10/h13-19,26H,1-10H3,(H,34,40)(H,35,37)(H,36,38)(H,39,41)/t19-,26+/m0/s1. The lowest BCUT2D eigenvalue weighted by atomic mass is 9.86. The van der Waals surface area contributed by atoms with Gasteiger partial charge in [-0.3, -0.25) is 0 Å². The fraction of sp³-hybridized carbons (Fsp3) is 0.455. The van der Waals surface area contributed by atoms with Crippen LogP contribution in [0.25, 0.3) is 22.1 Å². The second-order valence-electron chi connectivity index (χ2n) is 13.8. The number of alkyl carbamates (subject to hydrolysis) is 2. The molecule has 0 unspecified atom stereocenters. The number of nitrogens with one attached hydrogen (secondary N) is 4. The highest BCUT2D eigenvalue weighted by Gasteiger charge is 2.32. The molecular formula is C33H42N6O4. The molecule has 228 valence electrons. The van der Waals surface area contributed by atoms with Crippen molar-refractivity contribution in [2.45, 2.75) is 92.5 Å². The second kappa shape index (κ2) is 11.6. The Morgan fingerprint density at radius 3 is 1.63 bits per heavy atom. The Morgan fingerprint density at radius 1 is 0.721 bits per heavy atom. The maximum Gasteiger partial charge on any atom is 0.408 e. The third-order valence-corrected chi connectivity index (χ3v) is 6.30. The summed E-state index contributed by atoms with van der Waals surface area (Å²) in [7, 11) is 0. The number of H-pyrrole nitrogens is 2. The predicted octanol–water partition coefficient (Wildman–Crippen LogP) is 7.04. The first-order valence-electron chi connectivity index (χ1n) is 14.4. The van der Waals surface area contributed by atoms with E-state index in [1.54, 1.807) is 0 Å². The lowest BCUT2D eigenvalue weighted by Crippen LogP contribution is -2.40. The molecule has 43 heavy (non-hydrogen) atoms. The predicted molar refractivity (Wildman–Crippen MR) is 168 cm³/mol. The quantitative estimate of drug-likeness (QED) is 0.190. The molecule has 2 aromatic carbocycles. The van der Waals surface area contributed by atoms with Crippen molar-refractivity contribution in [3.8, 4) is 11.8 Å². The van der Waals surface area contributed by atoms with E-state index in [2.05, 4.69) is 37.4 Å². The zero-order valence-electron chi connectivity index (χ0n) is 26.6. The third-order valence-electron chi connectivity index (χ3n) is 6.30. The first-order valence-corrected chi connectivity index (χ1v) is 14.4. The first kappa shape index (κ1) is 31.4. The van der Waals surface area contributed by atoms with Gasteiger partial charge in [-0.25, -0.2) is 19.6 Å². The van der Waals surface area contributed by atoms with E-state index in [-0.39, 0.29) is 11.5 Å². The summed E-state index contributed by atoms with van der Waals surface area (Å²) in [6, 6.07) is 10.8. The van der Waals surface area contributed by atoms with Crippen LogP contribution < -0.4 is 10.6 Å². The van der Waals surface area contributed by atoms with Crippen LogP contribution in [0.1, 0.15) is 104 Å². The van der Waals surface area contributed by atoms with Gasteiger partial charge in [0.2, 0.25) is 0 Å². The van der Waals surface area contributed by atoms with Gasteiger partial charge in [0.25, 0.3) is 0 Å². The minimum atomic E-state index is -0.602. The van der Waals surface area contributed by atoms with E-state index in [1.807, 2.05) is 106 Å². The number of amides is 2. The Kier molecular flexibility index (Phi) is 8.50. The fourth-order valence-corrected chi connectivity index (χ4v) is 4.37. The molecule has 2 atom stereocenters. The van der Waals surface area contributed by atoms with Gasteiger partial charge in [0.05, 0.1) is 34.2 Å². The molecule has 0 fully saturated rings. The van der Waals surface area contributed by atoms with Crippen LogP contribution in [0, 0.1) is 17.3 Å². The van der Waals surface area contributed by atoms with Gasteiger partial charge in [-0.15, -0.1) is 0 Å². The van der Waals surface area contributed by atoms with Crippen LogP contribution in [0.15, 0.2) is 36.4 Å². The number of aromatic amines is 2. The monoisotopic (exact) mass is 586 g/mol. The highest BCUT2D eigenvalue weighted by molar-refractivity contribution is 5.79. The number of aromatic nitrogens is 4. The SMILES string of the molecule is C[C@H](NC(=O)OC(C)(C)C)c1nc2ccc(C#Cc3ccc4nc([C@@H](NC(=O)OC(C)(C)C)C(C)(C)C)[nH]c4c3)cc2[nH]1. The average Bonchev–Trinajstić information content (AvgIpc) is 3.46. The summed E-state index contributed by atoms with van der Waals surface area (Å²) in [4.78, 5) is 40.7. The van der Waals surface area contributed by atoms with E-state index in [9.17, 15) is 9.59 Å². The van der Waals surface area contributed by atoms with Crippen LogP contribution in [0.4, 0.5) is 9.59 Å². The van der Waals surface area contributed by atoms with Crippen molar-refractivity contribution in [1.29, 1.82) is 0 Å². The number of ether oxygens (including phenoxy) is 2. The Labute approximate surface area is 252 Å². The molecule has 10 nitrogen and oxygen atoms in total. The van der Waals surface area contributed by atoms with E-state index < -0.39 is 29.4 Å². The number of nitrogens with zero attached hydrogens (tertiary/aromatic N) is 2. The molecular weight excluding hydrogens is 544 g/mol. The highest BCUT2D eigenvalue weighted by Crippen LogP contribution is 2.33. The summed E-state index contributed by atoms with van der Waals surface area (Å²) in [6.45, 7) is 18.9. The fourth-order valence-electron chi connectivity index (χ4n) is 4.37. The number of imidazole rings is 2.